The van der Waals surface area contributed by atoms with Gasteiger partial charge in [0.05, 0.1) is 30.7 Å². The van der Waals surface area contributed by atoms with Gasteiger partial charge >= 0.3 is 0 Å². The maximum absolute atomic E-state index is 13.8. The summed E-state index contributed by atoms with van der Waals surface area (Å²) in [6.45, 7) is 0.497. The van der Waals surface area contributed by atoms with E-state index in [9.17, 15) is 9.59 Å². The van der Waals surface area contributed by atoms with Crippen LogP contribution in [0.25, 0.3) is 10.9 Å². The fourth-order valence-electron chi connectivity index (χ4n) is 4.50. The monoisotopic (exact) mass is 475 g/mol. The van der Waals surface area contributed by atoms with Crippen LogP contribution in [0.5, 0.6) is 5.75 Å². The number of hydrogen-bond acceptors (Lipinski definition) is 5. The van der Waals surface area contributed by atoms with Crippen molar-refractivity contribution >= 4 is 34.5 Å². The summed E-state index contributed by atoms with van der Waals surface area (Å²) in [5, 5.41) is 4.94. The van der Waals surface area contributed by atoms with Crippen molar-refractivity contribution in [2.45, 2.75) is 24.2 Å². The van der Waals surface area contributed by atoms with Crippen molar-refractivity contribution in [1.82, 2.24) is 14.8 Å². The Labute approximate surface area is 201 Å². The summed E-state index contributed by atoms with van der Waals surface area (Å²) in [6, 6.07) is 18.4. The molecule has 34 heavy (non-hydrogen) atoms. The molecule has 5 rings (SSSR count). The number of aromatic nitrogens is 1. The molecule has 7 nitrogen and oxygen atoms in total. The predicted octanol–water partition coefficient (Wildman–Crippen LogP) is 4.27. The van der Waals surface area contributed by atoms with Crippen LogP contribution < -0.4 is 10.1 Å². The summed E-state index contributed by atoms with van der Waals surface area (Å²) in [5.41, 5.74) is 2.73. The van der Waals surface area contributed by atoms with Crippen molar-refractivity contribution in [3.05, 3.63) is 83.8 Å². The number of nitrogens with one attached hydrogen (secondary N) is 1. The van der Waals surface area contributed by atoms with Gasteiger partial charge in [0.1, 0.15) is 17.6 Å². The Morgan fingerprint density at radius 3 is 2.74 bits per heavy atom. The van der Waals surface area contributed by atoms with Gasteiger partial charge in [0.25, 0.3) is 0 Å². The van der Waals surface area contributed by atoms with Crippen molar-refractivity contribution in [1.29, 1.82) is 0 Å². The van der Waals surface area contributed by atoms with Crippen LogP contribution in [0.15, 0.2) is 76.4 Å². The van der Waals surface area contributed by atoms with Gasteiger partial charge in [-0.3, -0.25) is 9.59 Å². The average molecular weight is 476 g/mol. The van der Waals surface area contributed by atoms with E-state index in [-0.39, 0.29) is 30.7 Å². The normalized spacial score (nSPS) is 15.8. The van der Waals surface area contributed by atoms with Crippen LogP contribution in [0.2, 0.25) is 0 Å². The number of furan rings is 1. The number of carbonyl (C=O) groups excluding carboxylic acids is 2. The third-order valence-electron chi connectivity index (χ3n) is 6.13. The fourth-order valence-corrected chi connectivity index (χ4v) is 5.60. The van der Waals surface area contributed by atoms with E-state index >= 15 is 0 Å². The number of carbonyl (C=O) groups is 2. The van der Waals surface area contributed by atoms with E-state index in [0.717, 1.165) is 27.1 Å². The molecule has 1 aliphatic rings. The van der Waals surface area contributed by atoms with E-state index in [2.05, 4.69) is 9.88 Å². The Kier molecular flexibility index (Phi) is 6.06. The molecule has 0 aliphatic carbocycles. The average Bonchev–Trinajstić information content (AvgIpc) is 3.44. The van der Waals surface area contributed by atoms with Crippen molar-refractivity contribution in [2.75, 3.05) is 12.9 Å². The van der Waals surface area contributed by atoms with Crippen LogP contribution in [0.4, 0.5) is 0 Å². The van der Waals surface area contributed by atoms with Gasteiger partial charge in [0, 0.05) is 35.6 Å². The highest BCUT2D eigenvalue weighted by Crippen LogP contribution is 2.42. The van der Waals surface area contributed by atoms with Crippen molar-refractivity contribution in [2.24, 2.45) is 7.05 Å². The first kappa shape index (κ1) is 22.2. The van der Waals surface area contributed by atoms with Crippen LogP contribution in [-0.4, -0.2) is 34.1 Å². The molecule has 174 valence electrons. The molecule has 1 atom stereocenters. The summed E-state index contributed by atoms with van der Waals surface area (Å²) < 4.78 is 13.0. The smallest absolute Gasteiger partial charge is 0.247 e. The Balaban J connectivity index is 1.58. The maximum Gasteiger partial charge on any atom is 0.247 e. The number of hydrogen-bond donors (Lipinski definition) is 1. The SMILES string of the molecule is COc1ccccc1CNC(=O)C1c2c(n(C)c3ccccc23)SCC(=O)N1Cc1ccco1. The Morgan fingerprint density at radius 1 is 1.15 bits per heavy atom. The highest BCUT2D eigenvalue weighted by molar-refractivity contribution is 8.00. The van der Waals surface area contributed by atoms with E-state index < -0.39 is 6.04 Å². The third-order valence-corrected chi connectivity index (χ3v) is 7.29. The van der Waals surface area contributed by atoms with Gasteiger partial charge in [-0.2, -0.15) is 0 Å². The number of fused-ring (bicyclic) bond motifs is 3. The Hall–Kier alpha value is -3.65. The first-order valence-corrected chi connectivity index (χ1v) is 12.0. The van der Waals surface area contributed by atoms with Gasteiger partial charge in [-0.15, -0.1) is 0 Å². The summed E-state index contributed by atoms with van der Waals surface area (Å²) >= 11 is 1.47. The number of ether oxygens (including phenoxy) is 1. The van der Waals surface area contributed by atoms with Crippen LogP contribution in [0, 0.1) is 0 Å². The standard InChI is InChI=1S/C26H25N3O4S/c1-28-20-11-5-4-10-19(20)23-24(25(31)27-14-17-8-3-6-12-21(17)32-2)29(15-18-9-7-13-33-18)22(30)16-34-26(23)28/h3-13,24H,14-16H2,1-2H3,(H,27,31). The van der Waals surface area contributed by atoms with Crippen LogP contribution >= 0.6 is 11.8 Å². The summed E-state index contributed by atoms with van der Waals surface area (Å²) in [5.74, 6) is 1.22. The topological polar surface area (TPSA) is 76.7 Å². The van der Waals surface area contributed by atoms with Gasteiger partial charge < -0.3 is 23.9 Å². The number of amides is 2. The zero-order valence-electron chi connectivity index (χ0n) is 19.0. The molecule has 0 spiro atoms. The largest absolute Gasteiger partial charge is 0.496 e. The number of rotatable bonds is 6. The van der Waals surface area contributed by atoms with Crippen LogP contribution in [0.1, 0.15) is 22.9 Å². The number of thioether (sulfide) groups is 1. The number of aryl methyl sites for hydroxylation is 1. The second-order valence-corrected chi connectivity index (χ2v) is 9.08. The second kappa shape index (κ2) is 9.30. The van der Waals surface area contributed by atoms with Crippen molar-refractivity contribution in [3.63, 3.8) is 0 Å². The molecular formula is C26H25N3O4S. The van der Waals surface area contributed by atoms with Gasteiger partial charge in [-0.1, -0.05) is 48.2 Å². The number of methoxy groups -OCH3 is 1. The summed E-state index contributed by atoms with van der Waals surface area (Å²) in [6.07, 6.45) is 1.58. The van der Waals surface area contributed by atoms with Gasteiger partial charge in [-0.05, 0) is 24.3 Å². The molecule has 1 N–H and O–H groups in total. The number of nitrogens with zero attached hydrogens (tertiary/aromatic N) is 2. The first-order chi connectivity index (χ1) is 16.6. The van der Waals surface area contributed by atoms with E-state index in [4.69, 9.17) is 9.15 Å². The van der Waals surface area contributed by atoms with E-state index in [1.165, 1.54) is 11.8 Å². The van der Waals surface area contributed by atoms with Crippen LogP contribution in [-0.2, 0) is 29.7 Å². The lowest BCUT2D eigenvalue weighted by atomic mass is 10.0. The zero-order valence-corrected chi connectivity index (χ0v) is 19.8. The van der Waals surface area contributed by atoms with Crippen molar-refractivity contribution in [3.8, 4) is 5.75 Å². The molecule has 3 heterocycles. The van der Waals surface area contributed by atoms with Gasteiger partial charge in [0.2, 0.25) is 11.8 Å². The quantitative estimate of drug-likeness (QED) is 0.451. The van der Waals surface area contributed by atoms with Crippen LogP contribution in [0.3, 0.4) is 0 Å². The minimum absolute atomic E-state index is 0.112. The molecule has 1 unspecified atom stereocenters. The molecule has 2 aromatic carbocycles. The minimum atomic E-state index is -0.802. The molecule has 1 aliphatic heterocycles. The number of benzene rings is 2. The minimum Gasteiger partial charge on any atom is -0.496 e. The van der Waals surface area contributed by atoms with E-state index in [0.29, 0.717) is 11.5 Å². The predicted molar refractivity (Wildman–Crippen MR) is 130 cm³/mol. The van der Waals surface area contributed by atoms with Gasteiger partial charge in [-0.25, -0.2) is 0 Å². The second-order valence-electron chi connectivity index (χ2n) is 8.12. The highest BCUT2D eigenvalue weighted by atomic mass is 32.2. The molecular weight excluding hydrogens is 450 g/mol. The zero-order chi connectivity index (χ0) is 23.7. The summed E-state index contributed by atoms with van der Waals surface area (Å²) in [7, 11) is 3.58. The maximum atomic E-state index is 13.8. The van der Waals surface area contributed by atoms with E-state index in [1.807, 2.05) is 61.6 Å². The molecule has 0 radical (unpaired) electrons. The summed E-state index contributed by atoms with van der Waals surface area (Å²) in [4.78, 5) is 28.8. The lowest BCUT2D eigenvalue weighted by Crippen LogP contribution is -2.43. The Morgan fingerprint density at radius 2 is 1.94 bits per heavy atom. The molecule has 0 fully saturated rings. The van der Waals surface area contributed by atoms with Gasteiger partial charge in [0.15, 0.2) is 0 Å². The van der Waals surface area contributed by atoms with Crippen molar-refractivity contribution < 1.29 is 18.7 Å². The first-order valence-electron chi connectivity index (χ1n) is 11.0. The molecule has 0 bridgehead atoms. The molecule has 8 heteroatoms. The fraction of sp³-hybridized carbons (Fsp3) is 0.231. The lowest BCUT2D eigenvalue weighted by Gasteiger charge is -2.29. The molecule has 2 amide bonds. The molecule has 4 aromatic rings. The lowest BCUT2D eigenvalue weighted by molar-refractivity contribution is -0.139. The molecule has 0 saturated carbocycles. The Bertz CT molecular complexity index is 1350. The third kappa shape index (κ3) is 3.94. The van der Waals surface area contributed by atoms with E-state index in [1.54, 1.807) is 24.3 Å². The highest BCUT2D eigenvalue weighted by Gasteiger charge is 2.39. The molecule has 2 aromatic heterocycles. The molecule has 0 saturated heterocycles. The number of para-hydroxylation sites is 2.